The average Bonchev–Trinajstić information content (AvgIpc) is 2.84. The maximum absolute atomic E-state index is 10.8. The molecule has 0 amide bonds. The monoisotopic (exact) mass is 494 g/mol. The number of non-ortho nitro benzene ring substituents is 1. The first-order valence-electron chi connectivity index (χ1n) is 10.4. The van der Waals surface area contributed by atoms with E-state index in [2.05, 4.69) is 5.32 Å². The molecule has 1 N–H and O–H groups in total. The molecule has 0 aliphatic heterocycles. The van der Waals surface area contributed by atoms with E-state index in [4.69, 9.17) is 32.7 Å². The Morgan fingerprint density at radius 3 is 2.21 bits per heavy atom. The summed E-state index contributed by atoms with van der Waals surface area (Å²) in [4.78, 5) is 10.4. The fourth-order valence-electron chi connectivity index (χ4n) is 3.24. The van der Waals surface area contributed by atoms with E-state index in [0.29, 0.717) is 22.3 Å². The highest BCUT2D eigenvalue weighted by molar-refractivity contribution is 6.35. The molecule has 34 heavy (non-hydrogen) atoms. The molecule has 0 aliphatic rings. The van der Waals surface area contributed by atoms with Gasteiger partial charge in [0.25, 0.3) is 5.69 Å². The van der Waals surface area contributed by atoms with Gasteiger partial charge in [-0.05, 0) is 66.2 Å². The van der Waals surface area contributed by atoms with Crippen molar-refractivity contribution in [2.75, 3.05) is 5.32 Å². The van der Waals surface area contributed by atoms with Crippen molar-refractivity contribution in [3.63, 3.8) is 0 Å². The van der Waals surface area contributed by atoms with Crippen molar-refractivity contribution in [1.29, 1.82) is 0 Å². The van der Waals surface area contributed by atoms with Gasteiger partial charge < -0.3 is 14.8 Å². The molecule has 0 saturated heterocycles. The lowest BCUT2D eigenvalue weighted by Crippen LogP contribution is -2.04. The molecule has 8 heteroatoms. The molecule has 4 aromatic rings. The molecular formula is C26H20Cl2N2O4. The van der Waals surface area contributed by atoms with Crippen LogP contribution in [0.1, 0.15) is 11.1 Å². The van der Waals surface area contributed by atoms with Crippen molar-refractivity contribution < 1.29 is 14.4 Å². The van der Waals surface area contributed by atoms with E-state index >= 15 is 0 Å². The van der Waals surface area contributed by atoms with Crippen LogP contribution >= 0.6 is 23.2 Å². The van der Waals surface area contributed by atoms with E-state index in [-0.39, 0.29) is 12.3 Å². The van der Waals surface area contributed by atoms with E-state index < -0.39 is 4.92 Å². The maximum Gasteiger partial charge on any atom is 0.269 e. The Balaban J connectivity index is 1.42. The maximum atomic E-state index is 10.8. The van der Waals surface area contributed by atoms with Gasteiger partial charge in [0, 0.05) is 35.0 Å². The van der Waals surface area contributed by atoms with Crippen LogP contribution in [0.4, 0.5) is 11.4 Å². The predicted molar refractivity (Wildman–Crippen MR) is 134 cm³/mol. The summed E-state index contributed by atoms with van der Waals surface area (Å²) < 4.78 is 11.8. The summed E-state index contributed by atoms with van der Waals surface area (Å²) in [6.45, 7) is 0.632. The van der Waals surface area contributed by atoms with Gasteiger partial charge >= 0.3 is 0 Å². The highest BCUT2D eigenvalue weighted by Gasteiger charge is 2.12. The van der Waals surface area contributed by atoms with Gasteiger partial charge in [0.05, 0.1) is 9.95 Å². The number of nitro benzene ring substituents is 1. The lowest BCUT2D eigenvalue weighted by Gasteiger charge is -2.15. The number of hydrogen-bond donors (Lipinski definition) is 1. The van der Waals surface area contributed by atoms with E-state index in [1.807, 2.05) is 54.6 Å². The first kappa shape index (κ1) is 23.4. The third kappa shape index (κ3) is 6.19. The number of nitrogens with one attached hydrogen (secondary N) is 1. The van der Waals surface area contributed by atoms with Gasteiger partial charge in [0.2, 0.25) is 0 Å². The van der Waals surface area contributed by atoms with Crippen LogP contribution in [0.5, 0.6) is 17.2 Å². The van der Waals surface area contributed by atoms with E-state index in [1.165, 1.54) is 12.1 Å². The highest BCUT2D eigenvalue weighted by Crippen LogP contribution is 2.34. The molecule has 0 spiro atoms. The van der Waals surface area contributed by atoms with E-state index in [9.17, 15) is 10.1 Å². The molecule has 0 radical (unpaired) electrons. The van der Waals surface area contributed by atoms with Crippen LogP contribution in [0, 0.1) is 10.1 Å². The third-order valence-electron chi connectivity index (χ3n) is 4.93. The van der Waals surface area contributed by atoms with Crippen LogP contribution in [0.15, 0.2) is 91.0 Å². The van der Waals surface area contributed by atoms with E-state index in [1.54, 1.807) is 24.3 Å². The molecule has 0 fully saturated rings. The first-order chi connectivity index (χ1) is 16.5. The van der Waals surface area contributed by atoms with Gasteiger partial charge in [0.15, 0.2) is 0 Å². The number of benzene rings is 4. The van der Waals surface area contributed by atoms with Gasteiger partial charge in [-0.1, -0.05) is 41.4 Å². The largest absolute Gasteiger partial charge is 0.487 e. The van der Waals surface area contributed by atoms with Crippen LogP contribution in [-0.4, -0.2) is 4.92 Å². The molecule has 0 atom stereocenters. The molecule has 4 rings (SSSR count). The number of hydrogen-bond acceptors (Lipinski definition) is 5. The molecule has 0 bridgehead atoms. The Kier molecular flexibility index (Phi) is 7.52. The van der Waals surface area contributed by atoms with Crippen LogP contribution in [0.3, 0.4) is 0 Å². The average molecular weight is 495 g/mol. The summed E-state index contributed by atoms with van der Waals surface area (Å²) in [6, 6.07) is 26.8. The summed E-state index contributed by atoms with van der Waals surface area (Å²) in [6.07, 6.45) is 0. The van der Waals surface area contributed by atoms with Crippen LogP contribution in [0.25, 0.3) is 0 Å². The van der Waals surface area contributed by atoms with Crippen molar-refractivity contribution in [2.45, 2.75) is 13.2 Å². The summed E-state index contributed by atoms with van der Waals surface area (Å²) in [7, 11) is 0. The Bertz CT molecular complexity index is 1260. The van der Waals surface area contributed by atoms with Crippen molar-refractivity contribution in [3.05, 3.63) is 122 Å². The minimum absolute atomic E-state index is 0.0263. The van der Waals surface area contributed by atoms with Gasteiger partial charge in [0.1, 0.15) is 23.9 Å². The Morgan fingerprint density at radius 2 is 1.53 bits per heavy atom. The van der Waals surface area contributed by atoms with Crippen molar-refractivity contribution in [1.82, 2.24) is 0 Å². The third-order valence-corrected chi connectivity index (χ3v) is 5.43. The Labute approximate surface area is 206 Å². The minimum atomic E-state index is -0.440. The second-order valence-corrected chi connectivity index (χ2v) is 8.22. The summed E-state index contributed by atoms with van der Waals surface area (Å²) in [5.41, 5.74) is 2.48. The fourth-order valence-corrected chi connectivity index (χ4v) is 3.83. The molecular weight excluding hydrogens is 475 g/mol. The quantitative estimate of drug-likeness (QED) is 0.189. The Hall–Kier alpha value is -3.74. The number of halogens is 2. The molecule has 6 nitrogen and oxygen atoms in total. The van der Waals surface area contributed by atoms with E-state index in [0.717, 1.165) is 28.3 Å². The number of ether oxygens (including phenoxy) is 2. The highest BCUT2D eigenvalue weighted by atomic mass is 35.5. The SMILES string of the molecule is O=[N+]([O-])c1ccc(COc2c(Cl)cc(Cl)cc2CNc2ccc(Oc3ccccc3)cc2)cc1. The van der Waals surface area contributed by atoms with Crippen LogP contribution in [0.2, 0.25) is 10.0 Å². The zero-order chi connectivity index (χ0) is 23.9. The standard InChI is InChI=1S/C26H20Cl2N2O4/c27-20-14-19(16-29-21-8-12-24(13-9-21)34-23-4-2-1-3-5-23)26(25(28)15-20)33-17-18-6-10-22(11-7-18)30(31)32/h1-15,29H,16-17H2. The Morgan fingerprint density at radius 1 is 0.853 bits per heavy atom. The van der Waals surface area contributed by atoms with Gasteiger partial charge in [-0.2, -0.15) is 0 Å². The zero-order valence-corrected chi connectivity index (χ0v) is 19.4. The lowest BCUT2D eigenvalue weighted by atomic mass is 10.1. The van der Waals surface area contributed by atoms with Crippen molar-refractivity contribution >= 4 is 34.6 Å². The van der Waals surface area contributed by atoms with Crippen LogP contribution in [-0.2, 0) is 13.2 Å². The molecule has 172 valence electrons. The number of rotatable bonds is 9. The van der Waals surface area contributed by atoms with Gasteiger partial charge in [-0.3, -0.25) is 10.1 Å². The number of anilines is 1. The normalized spacial score (nSPS) is 10.5. The predicted octanol–water partition coefficient (Wildman–Crippen LogP) is 7.89. The first-order valence-corrected chi connectivity index (χ1v) is 11.1. The fraction of sp³-hybridized carbons (Fsp3) is 0.0769. The summed E-state index contributed by atoms with van der Waals surface area (Å²) in [5.74, 6) is 2.00. The summed E-state index contributed by atoms with van der Waals surface area (Å²) in [5, 5.41) is 15.1. The van der Waals surface area contributed by atoms with Crippen molar-refractivity contribution in [3.8, 4) is 17.2 Å². The van der Waals surface area contributed by atoms with Gasteiger partial charge in [-0.15, -0.1) is 0 Å². The molecule has 0 unspecified atom stereocenters. The topological polar surface area (TPSA) is 73.6 Å². The second kappa shape index (κ2) is 10.9. The molecule has 0 saturated carbocycles. The molecule has 0 aliphatic carbocycles. The smallest absolute Gasteiger partial charge is 0.269 e. The second-order valence-electron chi connectivity index (χ2n) is 7.38. The van der Waals surface area contributed by atoms with Gasteiger partial charge in [-0.25, -0.2) is 0 Å². The van der Waals surface area contributed by atoms with Crippen LogP contribution < -0.4 is 14.8 Å². The van der Waals surface area contributed by atoms with Crippen molar-refractivity contribution in [2.24, 2.45) is 0 Å². The molecule has 0 aromatic heterocycles. The minimum Gasteiger partial charge on any atom is -0.487 e. The molecule has 4 aromatic carbocycles. The number of nitrogens with zero attached hydrogens (tertiary/aromatic N) is 1. The number of para-hydroxylation sites is 1. The lowest BCUT2D eigenvalue weighted by molar-refractivity contribution is -0.384. The zero-order valence-electron chi connectivity index (χ0n) is 17.9. The summed E-state index contributed by atoms with van der Waals surface area (Å²) >= 11 is 12.6. The molecule has 0 heterocycles. The number of nitro groups is 1.